The van der Waals surface area contributed by atoms with Gasteiger partial charge in [-0.15, -0.1) is 0 Å². The van der Waals surface area contributed by atoms with E-state index in [2.05, 4.69) is 42.1 Å². The van der Waals surface area contributed by atoms with Crippen LogP contribution in [0.1, 0.15) is 43.9 Å². The molecule has 0 saturated carbocycles. The normalized spacial score (nSPS) is 14.0. The molecular weight excluding hydrogens is 628 g/mol. The van der Waals surface area contributed by atoms with Crippen LogP contribution < -0.4 is 5.32 Å². The van der Waals surface area contributed by atoms with Crippen molar-refractivity contribution < 1.29 is 28.7 Å². The van der Waals surface area contributed by atoms with Gasteiger partial charge in [0.25, 0.3) is 0 Å². The third kappa shape index (κ3) is 8.44. The largest absolute Gasteiger partial charge is 0.453 e. The van der Waals surface area contributed by atoms with Gasteiger partial charge in [0.1, 0.15) is 24.7 Å². The van der Waals surface area contributed by atoms with Crippen LogP contribution in [0, 0.1) is 0 Å². The Morgan fingerprint density at radius 2 is 1.51 bits per heavy atom. The second-order valence-corrected chi connectivity index (χ2v) is 11.8. The monoisotopic (exact) mass is 670 g/mol. The number of H-pyrrole nitrogens is 2. The first-order chi connectivity index (χ1) is 23.7. The van der Waals surface area contributed by atoms with Gasteiger partial charge in [0.2, 0.25) is 11.8 Å². The highest BCUT2D eigenvalue weighted by atomic mass is 16.5. The van der Waals surface area contributed by atoms with Crippen molar-refractivity contribution in [2.45, 2.75) is 38.8 Å². The number of alkyl carbamates (subject to hydrolysis) is 1. The molecule has 2 aromatic heterocycles. The lowest BCUT2D eigenvalue weighted by molar-refractivity contribution is -0.133. The predicted molar refractivity (Wildman–Crippen MR) is 182 cm³/mol. The van der Waals surface area contributed by atoms with E-state index in [-0.39, 0.29) is 30.9 Å². The Morgan fingerprint density at radius 1 is 0.898 bits per heavy atom. The molecule has 1 saturated heterocycles. The Kier molecular flexibility index (Phi) is 11.3. The molecule has 0 spiro atoms. The number of ether oxygens (including phenoxy) is 2. The van der Waals surface area contributed by atoms with E-state index in [1.54, 1.807) is 29.2 Å². The summed E-state index contributed by atoms with van der Waals surface area (Å²) in [5, 5.41) is 2.43. The van der Waals surface area contributed by atoms with Crippen molar-refractivity contribution in [2.24, 2.45) is 0 Å². The van der Waals surface area contributed by atoms with Crippen molar-refractivity contribution in [2.75, 3.05) is 47.4 Å². The third-order valence-electron chi connectivity index (χ3n) is 8.45. The zero-order chi connectivity index (χ0) is 34.9. The van der Waals surface area contributed by atoms with Gasteiger partial charge in [-0.05, 0) is 41.5 Å². The lowest BCUT2D eigenvalue weighted by Gasteiger charge is -2.25. The van der Waals surface area contributed by atoms with Crippen molar-refractivity contribution in [1.29, 1.82) is 0 Å². The SMILES string of the molecule is CCCN(Cc1ncc(-c2ccc(-c3ccc(-c4cnc([C@@H]5CCCN5C(=O)CN(C)C(=O)OC)[nH]4)cc3)cc2)[nH]1)C(=O)CNC(=O)OC. The Hall–Kier alpha value is -5.66. The molecule has 0 radical (unpaired) electrons. The van der Waals surface area contributed by atoms with E-state index in [0.29, 0.717) is 25.5 Å². The maximum Gasteiger partial charge on any atom is 0.409 e. The van der Waals surface area contributed by atoms with E-state index in [1.165, 1.54) is 19.1 Å². The second kappa shape index (κ2) is 16.0. The average Bonchev–Trinajstić information content (AvgIpc) is 3.91. The number of carbonyl (C=O) groups excluding carboxylic acids is 4. The fourth-order valence-corrected chi connectivity index (χ4v) is 5.86. The van der Waals surface area contributed by atoms with Crippen LogP contribution >= 0.6 is 0 Å². The molecular formula is C35H42N8O6. The van der Waals surface area contributed by atoms with Gasteiger partial charge >= 0.3 is 12.2 Å². The standard InChI is InChI=1S/C35H42N8O6/c1-5-16-42(31(44)20-38-34(46)48-3)21-30-36-18-27(39-30)25-12-8-23(9-13-25)24-10-14-26(15-11-24)28-19-37-33(40-28)29-7-6-17-43(29)32(45)22-41(2)35(47)49-4/h8-15,18-19,29H,5-7,16-17,20-22H2,1-4H3,(H,36,39)(H,37,40)(H,38,46)/t29-/m0/s1. The zero-order valence-corrected chi connectivity index (χ0v) is 28.2. The highest BCUT2D eigenvalue weighted by Gasteiger charge is 2.33. The molecule has 1 fully saturated rings. The van der Waals surface area contributed by atoms with Crippen molar-refractivity contribution in [3.05, 3.63) is 72.6 Å². The Bertz CT molecular complexity index is 1750. The van der Waals surface area contributed by atoms with Gasteiger partial charge < -0.3 is 39.5 Å². The van der Waals surface area contributed by atoms with E-state index in [9.17, 15) is 19.2 Å². The summed E-state index contributed by atoms with van der Waals surface area (Å²) in [7, 11) is 4.09. The summed E-state index contributed by atoms with van der Waals surface area (Å²) >= 11 is 0. The molecule has 49 heavy (non-hydrogen) atoms. The summed E-state index contributed by atoms with van der Waals surface area (Å²) in [5.74, 6) is 1.01. The van der Waals surface area contributed by atoms with Crippen LogP contribution in [-0.4, -0.2) is 106 Å². The van der Waals surface area contributed by atoms with Crippen LogP contribution in [0.5, 0.6) is 0 Å². The molecule has 258 valence electrons. The van der Waals surface area contributed by atoms with Gasteiger partial charge in [-0.2, -0.15) is 0 Å². The van der Waals surface area contributed by atoms with Crippen molar-refractivity contribution in [3.63, 3.8) is 0 Å². The van der Waals surface area contributed by atoms with Gasteiger partial charge in [-0.3, -0.25) is 9.59 Å². The molecule has 3 heterocycles. The lowest BCUT2D eigenvalue weighted by atomic mass is 10.0. The number of imidazole rings is 2. The van der Waals surface area contributed by atoms with Crippen LogP contribution in [0.15, 0.2) is 60.9 Å². The molecule has 5 rings (SSSR count). The summed E-state index contributed by atoms with van der Waals surface area (Å²) in [6, 6.07) is 16.2. The number of aromatic amines is 2. The van der Waals surface area contributed by atoms with Crippen LogP contribution in [0.2, 0.25) is 0 Å². The number of nitrogens with zero attached hydrogens (tertiary/aromatic N) is 5. The molecule has 1 aliphatic heterocycles. The van der Waals surface area contributed by atoms with E-state index >= 15 is 0 Å². The number of amides is 4. The minimum atomic E-state index is -0.651. The number of likely N-dealkylation sites (tertiary alicyclic amines) is 1. The molecule has 3 N–H and O–H groups in total. The maximum absolute atomic E-state index is 12.9. The van der Waals surface area contributed by atoms with E-state index < -0.39 is 12.2 Å². The fraction of sp³-hybridized carbons (Fsp3) is 0.371. The first-order valence-electron chi connectivity index (χ1n) is 16.2. The topological polar surface area (TPSA) is 166 Å². The van der Waals surface area contributed by atoms with Gasteiger partial charge in [-0.25, -0.2) is 19.6 Å². The number of likely N-dealkylation sites (N-methyl/N-ethyl adjacent to an activating group) is 1. The molecule has 4 aromatic rings. The number of aromatic nitrogens is 4. The second-order valence-electron chi connectivity index (χ2n) is 11.8. The van der Waals surface area contributed by atoms with E-state index in [1.807, 2.05) is 43.3 Å². The summed E-state index contributed by atoms with van der Waals surface area (Å²) in [4.78, 5) is 69.2. The fourth-order valence-electron chi connectivity index (χ4n) is 5.86. The van der Waals surface area contributed by atoms with Crippen LogP contribution in [0.4, 0.5) is 9.59 Å². The third-order valence-corrected chi connectivity index (χ3v) is 8.45. The molecule has 1 aliphatic rings. The number of nitrogens with one attached hydrogen (secondary N) is 3. The summed E-state index contributed by atoms with van der Waals surface area (Å²) < 4.78 is 9.26. The zero-order valence-electron chi connectivity index (χ0n) is 28.2. The summed E-state index contributed by atoms with van der Waals surface area (Å²) in [6.07, 6.45) is 4.76. The van der Waals surface area contributed by atoms with E-state index in [0.717, 1.165) is 58.7 Å². The summed E-state index contributed by atoms with van der Waals surface area (Å²) in [6.45, 7) is 3.22. The lowest BCUT2D eigenvalue weighted by Crippen LogP contribution is -2.41. The van der Waals surface area contributed by atoms with Crippen LogP contribution in [-0.2, 0) is 25.6 Å². The highest BCUT2D eigenvalue weighted by Crippen LogP contribution is 2.32. The number of hydrogen-bond acceptors (Lipinski definition) is 8. The molecule has 0 unspecified atom stereocenters. The van der Waals surface area contributed by atoms with Crippen molar-refractivity contribution in [3.8, 4) is 33.6 Å². The molecule has 0 bridgehead atoms. The number of hydrogen-bond donors (Lipinski definition) is 3. The molecule has 2 aromatic carbocycles. The maximum atomic E-state index is 12.9. The number of methoxy groups -OCH3 is 2. The van der Waals surface area contributed by atoms with Gasteiger partial charge in [-0.1, -0.05) is 55.5 Å². The molecule has 0 aliphatic carbocycles. The first-order valence-corrected chi connectivity index (χ1v) is 16.2. The Morgan fingerprint density at radius 3 is 2.12 bits per heavy atom. The smallest absolute Gasteiger partial charge is 0.409 e. The highest BCUT2D eigenvalue weighted by molar-refractivity contribution is 5.83. The first kappa shape index (κ1) is 34.7. The van der Waals surface area contributed by atoms with Gasteiger partial charge in [0, 0.05) is 20.1 Å². The molecule has 14 heteroatoms. The number of carbonyl (C=O) groups is 4. The Balaban J connectivity index is 1.20. The quantitative estimate of drug-likeness (QED) is 0.197. The van der Waals surface area contributed by atoms with Crippen LogP contribution in [0.3, 0.4) is 0 Å². The van der Waals surface area contributed by atoms with Crippen molar-refractivity contribution in [1.82, 2.24) is 40.0 Å². The van der Waals surface area contributed by atoms with Crippen LogP contribution in [0.25, 0.3) is 33.6 Å². The predicted octanol–water partition coefficient (Wildman–Crippen LogP) is 4.59. The molecule has 4 amide bonds. The number of rotatable bonds is 12. The minimum absolute atomic E-state index is 0.0545. The van der Waals surface area contributed by atoms with Gasteiger partial charge in [0.05, 0.1) is 50.6 Å². The van der Waals surface area contributed by atoms with Crippen molar-refractivity contribution >= 4 is 24.0 Å². The Labute approximate surface area is 284 Å². The minimum Gasteiger partial charge on any atom is -0.453 e. The molecule has 14 nitrogen and oxygen atoms in total. The molecule has 1 atom stereocenters. The van der Waals surface area contributed by atoms with E-state index in [4.69, 9.17) is 4.74 Å². The summed E-state index contributed by atoms with van der Waals surface area (Å²) in [5.41, 5.74) is 5.73. The van der Waals surface area contributed by atoms with Gasteiger partial charge in [0.15, 0.2) is 0 Å². The number of benzene rings is 2. The average molecular weight is 671 g/mol.